The summed E-state index contributed by atoms with van der Waals surface area (Å²) >= 11 is 1.40. The van der Waals surface area contributed by atoms with Crippen molar-refractivity contribution in [1.29, 1.82) is 0 Å². The first kappa shape index (κ1) is 20.2. The lowest BCUT2D eigenvalue weighted by Gasteiger charge is -2.35. The molecule has 29 heavy (non-hydrogen) atoms. The van der Waals surface area contributed by atoms with Crippen LogP contribution in [0.5, 0.6) is 5.75 Å². The molecule has 1 aromatic carbocycles. The summed E-state index contributed by atoms with van der Waals surface area (Å²) in [6, 6.07) is 8.76. The number of nitrogens with zero attached hydrogens (tertiary/aromatic N) is 5. The third kappa shape index (κ3) is 5.27. The quantitative estimate of drug-likeness (QED) is 0.629. The van der Waals surface area contributed by atoms with Crippen molar-refractivity contribution in [3.05, 3.63) is 29.8 Å². The standard InChI is InChI=1S/C20H28N6O2S/c1-28-17-9-5-15(6-10-17)18(25-11-3-2-4-12-25)13-21-19(27)14-29-20-22-23-24-26(20)16-7-8-16/h5-6,9-10,16,18H,2-4,7-8,11-14H2,1H3,(H,21,27)/t18-/m0/s1. The van der Waals surface area contributed by atoms with Gasteiger partial charge in [-0.25, -0.2) is 4.68 Å². The van der Waals surface area contributed by atoms with Crippen molar-refractivity contribution in [3.8, 4) is 5.75 Å². The van der Waals surface area contributed by atoms with Gasteiger partial charge in [0.1, 0.15) is 5.75 Å². The van der Waals surface area contributed by atoms with E-state index in [-0.39, 0.29) is 11.9 Å². The number of aromatic nitrogens is 4. The van der Waals surface area contributed by atoms with E-state index in [1.807, 2.05) is 16.8 Å². The number of likely N-dealkylation sites (tertiary alicyclic amines) is 1. The largest absolute Gasteiger partial charge is 0.497 e. The Kier molecular flexibility index (Phi) is 6.66. The lowest BCUT2D eigenvalue weighted by molar-refractivity contribution is -0.118. The van der Waals surface area contributed by atoms with Crippen molar-refractivity contribution < 1.29 is 9.53 Å². The zero-order valence-corrected chi connectivity index (χ0v) is 17.6. The van der Waals surface area contributed by atoms with E-state index in [9.17, 15) is 4.79 Å². The summed E-state index contributed by atoms with van der Waals surface area (Å²) < 4.78 is 7.13. The number of thioether (sulfide) groups is 1. The van der Waals surface area contributed by atoms with Gasteiger partial charge in [0.2, 0.25) is 11.1 Å². The van der Waals surface area contributed by atoms with E-state index >= 15 is 0 Å². The van der Waals surface area contributed by atoms with E-state index in [0.717, 1.165) is 36.8 Å². The van der Waals surface area contributed by atoms with Crippen LogP contribution in [0, 0.1) is 0 Å². The molecular formula is C20H28N6O2S. The van der Waals surface area contributed by atoms with E-state index in [1.54, 1.807) is 7.11 Å². The summed E-state index contributed by atoms with van der Waals surface area (Å²) in [6.07, 6.45) is 5.93. The van der Waals surface area contributed by atoms with Crippen LogP contribution in [0.15, 0.2) is 29.4 Å². The second kappa shape index (κ2) is 9.58. The summed E-state index contributed by atoms with van der Waals surface area (Å²) in [6.45, 7) is 2.73. The zero-order valence-electron chi connectivity index (χ0n) is 16.8. The van der Waals surface area contributed by atoms with Crippen LogP contribution >= 0.6 is 11.8 Å². The molecule has 1 atom stereocenters. The first-order chi connectivity index (χ1) is 14.2. The monoisotopic (exact) mass is 416 g/mol. The minimum atomic E-state index is 0.0101. The average molecular weight is 417 g/mol. The van der Waals surface area contributed by atoms with Gasteiger partial charge in [-0.2, -0.15) is 0 Å². The predicted molar refractivity (Wildman–Crippen MR) is 111 cm³/mol. The van der Waals surface area contributed by atoms with E-state index < -0.39 is 0 Å². The van der Waals surface area contributed by atoms with Crippen LogP contribution in [0.25, 0.3) is 0 Å². The van der Waals surface area contributed by atoms with Crippen LogP contribution in [0.2, 0.25) is 0 Å². The minimum Gasteiger partial charge on any atom is -0.497 e. The molecule has 2 aliphatic rings. The molecule has 1 saturated carbocycles. The smallest absolute Gasteiger partial charge is 0.230 e. The molecule has 156 valence electrons. The van der Waals surface area contributed by atoms with Gasteiger partial charge in [-0.1, -0.05) is 30.3 Å². The summed E-state index contributed by atoms with van der Waals surface area (Å²) in [4.78, 5) is 15.0. The number of carbonyl (C=O) groups is 1. The molecule has 0 spiro atoms. The van der Waals surface area contributed by atoms with Crippen LogP contribution in [-0.4, -0.2) is 63.5 Å². The highest BCUT2D eigenvalue weighted by Gasteiger charge is 2.28. The molecule has 2 fully saturated rings. The molecule has 0 unspecified atom stereocenters. The Morgan fingerprint density at radius 1 is 1.24 bits per heavy atom. The van der Waals surface area contributed by atoms with Crippen molar-refractivity contribution in [2.45, 2.75) is 49.3 Å². The van der Waals surface area contributed by atoms with Crippen LogP contribution in [0.4, 0.5) is 0 Å². The molecule has 0 bridgehead atoms. The number of hydrogen-bond acceptors (Lipinski definition) is 7. The first-order valence-electron chi connectivity index (χ1n) is 10.3. The number of amides is 1. The van der Waals surface area contributed by atoms with Crippen molar-refractivity contribution in [2.24, 2.45) is 0 Å². The molecule has 1 aliphatic heterocycles. The zero-order chi connectivity index (χ0) is 20.1. The highest BCUT2D eigenvalue weighted by molar-refractivity contribution is 7.99. The van der Waals surface area contributed by atoms with Crippen molar-refractivity contribution in [2.75, 3.05) is 32.5 Å². The number of rotatable bonds is 9. The number of nitrogens with one attached hydrogen (secondary N) is 1. The normalized spacial score (nSPS) is 18.4. The van der Waals surface area contributed by atoms with Gasteiger partial charge in [-0.05, 0) is 66.9 Å². The number of benzene rings is 1. The lowest BCUT2D eigenvalue weighted by atomic mass is 10.0. The Hall–Kier alpha value is -2.13. The van der Waals surface area contributed by atoms with E-state index in [1.165, 1.54) is 36.6 Å². The fourth-order valence-corrected chi connectivity index (χ4v) is 4.51. The molecular weight excluding hydrogens is 388 g/mol. The maximum Gasteiger partial charge on any atom is 0.230 e. The van der Waals surface area contributed by atoms with Gasteiger partial charge in [0.25, 0.3) is 0 Å². The van der Waals surface area contributed by atoms with E-state index in [0.29, 0.717) is 18.3 Å². The number of ether oxygens (including phenoxy) is 1. The molecule has 2 aromatic rings. The molecule has 1 saturated heterocycles. The molecule has 9 heteroatoms. The number of tetrazole rings is 1. The molecule has 1 aromatic heterocycles. The second-order valence-electron chi connectivity index (χ2n) is 7.62. The molecule has 0 radical (unpaired) electrons. The summed E-state index contributed by atoms with van der Waals surface area (Å²) in [5, 5.41) is 15.7. The van der Waals surface area contributed by atoms with Gasteiger partial charge in [0, 0.05) is 6.54 Å². The maximum absolute atomic E-state index is 12.5. The van der Waals surface area contributed by atoms with Crippen molar-refractivity contribution >= 4 is 17.7 Å². The predicted octanol–water partition coefficient (Wildman–Crippen LogP) is 2.45. The summed E-state index contributed by atoms with van der Waals surface area (Å²) in [5.74, 6) is 1.18. The number of piperidine rings is 1. The maximum atomic E-state index is 12.5. The third-order valence-corrected chi connectivity index (χ3v) is 6.45. The molecule has 1 N–H and O–H groups in total. The van der Waals surface area contributed by atoms with Crippen molar-refractivity contribution in [1.82, 2.24) is 30.4 Å². The highest BCUT2D eigenvalue weighted by atomic mass is 32.2. The molecule has 4 rings (SSSR count). The lowest BCUT2D eigenvalue weighted by Crippen LogP contribution is -2.41. The minimum absolute atomic E-state index is 0.0101. The fourth-order valence-electron chi connectivity index (χ4n) is 3.73. The Balaban J connectivity index is 1.34. The summed E-state index contributed by atoms with van der Waals surface area (Å²) in [7, 11) is 1.68. The number of carbonyl (C=O) groups excluding carboxylic acids is 1. The van der Waals surface area contributed by atoms with E-state index in [4.69, 9.17) is 4.74 Å². The molecule has 1 aliphatic carbocycles. The first-order valence-corrected chi connectivity index (χ1v) is 11.3. The van der Waals surface area contributed by atoms with Gasteiger partial charge >= 0.3 is 0 Å². The van der Waals surface area contributed by atoms with E-state index in [2.05, 4.69) is 37.9 Å². The fraction of sp³-hybridized carbons (Fsp3) is 0.600. The van der Waals surface area contributed by atoms with Gasteiger partial charge in [0.15, 0.2) is 0 Å². The van der Waals surface area contributed by atoms with Crippen LogP contribution in [0.3, 0.4) is 0 Å². The highest BCUT2D eigenvalue weighted by Crippen LogP contribution is 2.36. The third-order valence-electron chi connectivity index (χ3n) is 5.51. The van der Waals surface area contributed by atoms with Crippen molar-refractivity contribution in [3.63, 3.8) is 0 Å². The van der Waals surface area contributed by atoms with Crippen LogP contribution in [-0.2, 0) is 4.79 Å². The topological polar surface area (TPSA) is 85.2 Å². The van der Waals surface area contributed by atoms with Gasteiger partial charge in [0.05, 0.1) is 24.9 Å². The molecule has 8 nitrogen and oxygen atoms in total. The average Bonchev–Trinajstić information content (AvgIpc) is 3.51. The van der Waals surface area contributed by atoms with Gasteiger partial charge in [-0.3, -0.25) is 9.69 Å². The Labute approximate surface area is 175 Å². The second-order valence-corrected chi connectivity index (χ2v) is 8.56. The van der Waals surface area contributed by atoms with Crippen LogP contribution < -0.4 is 10.1 Å². The van der Waals surface area contributed by atoms with Gasteiger partial charge < -0.3 is 10.1 Å². The van der Waals surface area contributed by atoms with Crippen LogP contribution in [0.1, 0.15) is 49.8 Å². The van der Waals surface area contributed by atoms with Gasteiger partial charge in [-0.15, -0.1) is 5.10 Å². The molecule has 1 amide bonds. The number of methoxy groups -OCH3 is 1. The SMILES string of the molecule is COc1ccc([C@H](CNC(=O)CSc2nnnn2C2CC2)N2CCCCC2)cc1. The Morgan fingerprint density at radius 3 is 2.69 bits per heavy atom. The molecule has 2 heterocycles. The Morgan fingerprint density at radius 2 is 2.00 bits per heavy atom. The Bertz CT molecular complexity index is 802. The number of hydrogen-bond donors (Lipinski definition) is 1. The summed E-state index contributed by atoms with van der Waals surface area (Å²) in [5.41, 5.74) is 1.21.